The third kappa shape index (κ3) is 4.45. The van der Waals surface area contributed by atoms with E-state index >= 15 is 0 Å². The van der Waals surface area contributed by atoms with Crippen molar-refractivity contribution in [3.63, 3.8) is 0 Å². The SMILES string of the molecule is Clc1cccc(COc2ccccc2/C=N/Nc2nc3ccccc3s2)c1. The van der Waals surface area contributed by atoms with Crippen molar-refractivity contribution in [2.75, 3.05) is 5.43 Å². The molecule has 27 heavy (non-hydrogen) atoms. The average Bonchev–Trinajstić information content (AvgIpc) is 3.10. The van der Waals surface area contributed by atoms with Crippen molar-refractivity contribution in [2.45, 2.75) is 6.61 Å². The Bertz CT molecular complexity index is 1060. The number of aromatic nitrogens is 1. The maximum absolute atomic E-state index is 6.02. The van der Waals surface area contributed by atoms with Crippen LogP contribution in [0.3, 0.4) is 0 Å². The number of nitrogens with zero attached hydrogens (tertiary/aromatic N) is 2. The Balaban J connectivity index is 1.44. The fourth-order valence-corrected chi connectivity index (χ4v) is 3.61. The Morgan fingerprint density at radius 2 is 1.89 bits per heavy atom. The van der Waals surface area contributed by atoms with Gasteiger partial charge in [0.2, 0.25) is 5.13 Å². The van der Waals surface area contributed by atoms with Crippen LogP contribution in [0.25, 0.3) is 10.2 Å². The lowest BCUT2D eigenvalue weighted by Gasteiger charge is -2.09. The molecule has 0 saturated carbocycles. The van der Waals surface area contributed by atoms with E-state index in [-0.39, 0.29) is 0 Å². The summed E-state index contributed by atoms with van der Waals surface area (Å²) in [7, 11) is 0. The first-order valence-corrected chi connectivity index (χ1v) is 9.58. The van der Waals surface area contributed by atoms with E-state index < -0.39 is 0 Å². The van der Waals surface area contributed by atoms with Gasteiger partial charge in [0.15, 0.2) is 0 Å². The predicted molar refractivity (Wildman–Crippen MR) is 113 cm³/mol. The van der Waals surface area contributed by atoms with Crippen molar-refractivity contribution in [1.29, 1.82) is 0 Å². The molecule has 0 aliphatic rings. The van der Waals surface area contributed by atoms with Crippen molar-refractivity contribution < 1.29 is 4.74 Å². The first kappa shape index (κ1) is 17.5. The summed E-state index contributed by atoms with van der Waals surface area (Å²) < 4.78 is 7.06. The van der Waals surface area contributed by atoms with Crippen LogP contribution in [-0.4, -0.2) is 11.2 Å². The molecule has 0 atom stereocenters. The molecule has 0 bridgehead atoms. The molecule has 4 rings (SSSR count). The predicted octanol–water partition coefficient (Wildman–Crippen LogP) is 5.97. The van der Waals surface area contributed by atoms with Gasteiger partial charge in [-0.3, -0.25) is 5.43 Å². The van der Waals surface area contributed by atoms with Gasteiger partial charge in [-0.15, -0.1) is 0 Å². The van der Waals surface area contributed by atoms with E-state index in [2.05, 4.69) is 15.5 Å². The molecule has 1 N–H and O–H groups in total. The quantitative estimate of drug-likeness (QED) is 0.324. The maximum Gasteiger partial charge on any atom is 0.204 e. The fraction of sp³-hybridized carbons (Fsp3) is 0.0476. The number of thiazole rings is 1. The molecule has 1 heterocycles. The zero-order valence-corrected chi connectivity index (χ0v) is 15.9. The van der Waals surface area contributed by atoms with Crippen LogP contribution in [0.15, 0.2) is 77.9 Å². The third-order valence-corrected chi connectivity index (χ3v) is 5.04. The first-order chi connectivity index (χ1) is 13.3. The molecule has 4 nitrogen and oxygen atoms in total. The van der Waals surface area contributed by atoms with E-state index in [0.717, 1.165) is 32.2 Å². The number of para-hydroxylation sites is 2. The molecule has 0 spiro atoms. The molecule has 0 radical (unpaired) electrons. The van der Waals surface area contributed by atoms with Gasteiger partial charge in [0.25, 0.3) is 0 Å². The van der Waals surface area contributed by atoms with Crippen molar-refractivity contribution in [3.8, 4) is 5.75 Å². The van der Waals surface area contributed by atoms with E-state index in [1.807, 2.05) is 72.8 Å². The largest absolute Gasteiger partial charge is 0.488 e. The Hall–Kier alpha value is -2.89. The van der Waals surface area contributed by atoms with Gasteiger partial charge in [0.1, 0.15) is 12.4 Å². The molecule has 0 amide bonds. The van der Waals surface area contributed by atoms with Crippen LogP contribution in [0.1, 0.15) is 11.1 Å². The number of hydrogen-bond donors (Lipinski definition) is 1. The van der Waals surface area contributed by atoms with Gasteiger partial charge in [0, 0.05) is 10.6 Å². The zero-order valence-electron chi connectivity index (χ0n) is 14.3. The van der Waals surface area contributed by atoms with E-state index in [9.17, 15) is 0 Å². The maximum atomic E-state index is 6.02. The minimum atomic E-state index is 0.441. The Morgan fingerprint density at radius 1 is 1.04 bits per heavy atom. The number of fused-ring (bicyclic) bond motifs is 1. The molecule has 6 heteroatoms. The summed E-state index contributed by atoms with van der Waals surface area (Å²) >= 11 is 7.59. The molecule has 0 unspecified atom stereocenters. The van der Waals surface area contributed by atoms with E-state index in [0.29, 0.717) is 11.6 Å². The monoisotopic (exact) mass is 393 g/mol. The highest BCUT2D eigenvalue weighted by Crippen LogP contribution is 2.25. The number of ether oxygens (including phenoxy) is 1. The molecule has 1 aromatic heterocycles. The van der Waals surface area contributed by atoms with Crippen LogP contribution < -0.4 is 10.2 Å². The standard InChI is InChI=1S/C21H16ClN3OS/c22-17-8-5-6-15(12-17)14-26-19-10-3-1-7-16(19)13-23-25-21-24-18-9-2-4-11-20(18)27-21/h1-13H,14H2,(H,24,25)/b23-13+. The number of nitrogens with one attached hydrogen (secondary N) is 1. The molecular weight excluding hydrogens is 378 g/mol. The van der Waals surface area contributed by atoms with Gasteiger partial charge < -0.3 is 4.74 Å². The number of hydrogen-bond acceptors (Lipinski definition) is 5. The Morgan fingerprint density at radius 3 is 2.78 bits per heavy atom. The van der Waals surface area contributed by atoms with Gasteiger partial charge in [-0.05, 0) is 42.0 Å². The van der Waals surface area contributed by atoms with E-state index in [1.54, 1.807) is 17.6 Å². The molecule has 0 aliphatic heterocycles. The average molecular weight is 394 g/mol. The summed E-state index contributed by atoms with van der Waals surface area (Å²) in [5, 5.41) is 5.76. The van der Waals surface area contributed by atoms with Crippen molar-refractivity contribution in [3.05, 3.63) is 88.9 Å². The first-order valence-electron chi connectivity index (χ1n) is 8.39. The van der Waals surface area contributed by atoms with Gasteiger partial charge in [-0.1, -0.05) is 59.3 Å². The second kappa shape index (κ2) is 8.20. The molecule has 0 fully saturated rings. The Kier molecular flexibility index (Phi) is 5.32. The smallest absolute Gasteiger partial charge is 0.204 e. The van der Waals surface area contributed by atoms with Crippen molar-refractivity contribution in [2.24, 2.45) is 5.10 Å². The zero-order chi connectivity index (χ0) is 18.5. The molecule has 0 saturated heterocycles. The molecule has 3 aromatic carbocycles. The lowest BCUT2D eigenvalue weighted by atomic mass is 10.2. The van der Waals surface area contributed by atoms with Crippen LogP contribution in [0.2, 0.25) is 5.02 Å². The number of benzene rings is 3. The van der Waals surface area contributed by atoms with Crippen molar-refractivity contribution in [1.82, 2.24) is 4.98 Å². The number of halogens is 1. The summed E-state index contributed by atoms with van der Waals surface area (Å²) in [4.78, 5) is 4.50. The minimum Gasteiger partial charge on any atom is -0.488 e. The van der Waals surface area contributed by atoms with E-state index in [1.165, 1.54) is 0 Å². The van der Waals surface area contributed by atoms with Gasteiger partial charge in [-0.25, -0.2) is 4.98 Å². The lowest BCUT2D eigenvalue weighted by Crippen LogP contribution is -1.99. The van der Waals surface area contributed by atoms with Crippen LogP contribution >= 0.6 is 22.9 Å². The van der Waals surface area contributed by atoms with Crippen LogP contribution in [0.5, 0.6) is 5.75 Å². The highest BCUT2D eigenvalue weighted by Gasteiger charge is 2.03. The highest BCUT2D eigenvalue weighted by atomic mass is 35.5. The Labute approximate surface area is 166 Å². The molecule has 134 valence electrons. The van der Waals surface area contributed by atoms with Gasteiger partial charge in [-0.2, -0.15) is 5.10 Å². The van der Waals surface area contributed by atoms with Crippen LogP contribution in [0, 0.1) is 0 Å². The summed E-state index contributed by atoms with van der Waals surface area (Å²) in [6, 6.07) is 23.4. The molecule has 0 aliphatic carbocycles. The number of hydrazone groups is 1. The van der Waals surface area contributed by atoms with Gasteiger partial charge >= 0.3 is 0 Å². The highest BCUT2D eigenvalue weighted by molar-refractivity contribution is 7.22. The summed E-state index contributed by atoms with van der Waals surface area (Å²) in [6.45, 7) is 0.441. The van der Waals surface area contributed by atoms with Crippen LogP contribution in [-0.2, 0) is 6.61 Å². The second-order valence-corrected chi connectivity index (χ2v) is 7.28. The topological polar surface area (TPSA) is 46.5 Å². The fourth-order valence-electron chi connectivity index (χ4n) is 2.58. The van der Waals surface area contributed by atoms with Gasteiger partial charge in [0.05, 0.1) is 16.4 Å². The van der Waals surface area contributed by atoms with Crippen LogP contribution in [0.4, 0.5) is 5.13 Å². The normalized spacial score (nSPS) is 11.1. The second-order valence-electron chi connectivity index (χ2n) is 5.81. The summed E-state index contributed by atoms with van der Waals surface area (Å²) in [5.41, 5.74) is 5.86. The molecule has 4 aromatic rings. The lowest BCUT2D eigenvalue weighted by molar-refractivity contribution is 0.306. The number of anilines is 1. The van der Waals surface area contributed by atoms with Crippen molar-refractivity contribution >= 4 is 44.5 Å². The molecular formula is C21H16ClN3OS. The summed E-state index contributed by atoms with van der Waals surface area (Å²) in [6.07, 6.45) is 1.74. The third-order valence-electron chi connectivity index (χ3n) is 3.86. The minimum absolute atomic E-state index is 0.441. The summed E-state index contributed by atoms with van der Waals surface area (Å²) in [5.74, 6) is 0.757. The number of rotatable bonds is 6. The van der Waals surface area contributed by atoms with E-state index in [4.69, 9.17) is 16.3 Å².